The van der Waals surface area contributed by atoms with Crippen molar-refractivity contribution in [2.75, 3.05) is 7.04 Å². The molecule has 0 bridgehead atoms. The van der Waals surface area contributed by atoms with Crippen molar-refractivity contribution in [2.24, 2.45) is 0 Å². The van der Waals surface area contributed by atoms with Crippen LogP contribution >= 0.6 is 15.9 Å². The maximum absolute atomic E-state index is 6.74. The van der Waals surface area contributed by atoms with Crippen LogP contribution in [0.2, 0.25) is 0 Å². The topological polar surface area (TPSA) is 35.0 Å². The molecule has 0 aliphatic rings. The summed E-state index contributed by atoms with van der Waals surface area (Å²) in [6.07, 6.45) is 2.82. The van der Waals surface area contributed by atoms with Crippen molar-refractivity contribution in [1.29, 1.82) is 0 Å². The van der Waals surface area contributed by atoms with Crippen LogP contribution in [0.1, 0.15) is 4.11 Å². The zero-order valence-electron chi connectivity index (χ0n) is 7.34. The van der Waals surface area contributed by atoms with Gasteiger partial charge in [-0.25, -0.2) is 9.97 Å². The fraction of sp³-hybridized carbons (Fsp3) is 0.200. The Kier molecular flexibility index (Phi) is 1.08. The maximum Gasteiger partial charge on any atom is 0.316 e. The van der Waals surface area contributed by atoms with E-state index in [-0.39, 0.29) is 6.01 Å². The van der Waals surface area contributed by atoms with E-state index in [9.17, 15) is 0 Å². The molecule has 0 aromatic carbocycles. The Labute approximate surface area is 65.4 Å². The van der Waals surface area contributed by atoms with Crippen LogP contribution in [0, 0.1) is 0 Å². The van der Waals surface area contributed by atoms with Gasteiger partial charge in [0.2, 0.25) is 0 Å². The SMILES string of the molecule is [2H]C([2H])([2H])Oc1ncc(Br)cn1. The standard InChI is InChI=1S/C5H5BrN2O/c1-9-5-7-2-4(6)3-8-5/h2-3H,1H3/i1D3. The third-order valence-corrected chi connectivity index (χ3v) is 1.10. The first-order valence-corrected chi connectivity index (χ1v) is 2.93. The zero-order valence-corrected chi connectivity index (χ0v) is 5.92. The number of nitrogens with zero attached hydrogens (tertiary/aromatic N) is 2. The number of ether oxygens (including phenoxy) is 1. The molecule has 9 heavy (non-hydrogen) atoms. The molecule has 0 saturated carbocycles. The summed E-state index contributed by atoms with van der Waals surface area (Å²) in [7, 11) is -2.49. The lowest BCUT2D eigenvalue weighted by Crippen LogP contribution is -1.89. The molecule has 1 aromatic heterocycles. The first kappa shape index (κ1) is 3.51. The van der Waals surface area contributed by atoms with Gasteiger partial charge in [0.25, 0.3) is 0 Å². The molecule has 0 unspecified atom stereocenters. The van der Waals surface area contributed by atoms with Gasteiger partial charge in [-0.15, -0.1) is 0 Å². The quantitative estimate of drug-likeness (QED) is 0.671. The normalized spacial score (nSPS) is 15.4. The van der Waals surface area contributed by atoms with Crippen molar-refractivity contribution >= 4 is 15.9 Å². The highest BCUT2D eigenvalue weighted by molar-refractivity contribution is 9.10. The maximum atomic E-state index is 6.74. The van der Waals surface area contributed by atoms with Crippen LogP contribution in [0.5, 0.6) is 6.01 Å². The lowest BCUT2D eigenvalue weighted by molar-refractivity contribution is 0.379. The van der Waals surface area contributed by atoms with Crippen molar-refractivity contribution in [2.45, 2.75) is 0 Å². The second kappa shape index (κ2) is 2.77. The molecule has 0 fully saturated rings. The first-order chi connectivity index (χ1) is 5.47. The van der Waals surface area contributed by atoms with E-state index in [0.29, 0.717) is 4.47 Å². The van der Waals surface area contributed by atoms with Gasteiger partial charge in [0.1, 0.15) is 0 Å². The van der Waals surface area contributed by atoms with Gasteiger partial charge in [-0.05, 0) is 15.9 Å². The van der Waals surface area contributed by atoms with Gasteiger partial charge >= 0.3 is 6.01 Å². The molecule has 0 atom stereocenters. The first-order valence-electron chi connectivity index (χ1n) is 3.64. The molecule has 1 aromatic rings. The predicted octanol–water partition coefficient (Wildman–Crippen LogP) is 1.25. The van der Waals surface area contributed by atoms with Crippen LogP contribution in [0.3, 0.4) is 0 Å². The molecule has 0 amide bonds. The second-order valence-electron chi connectivity index (χ2n) is 1.29. The summed E-state index contributed by atoms with van der Waals surface area (Å²) in [5.41, 5.74) is 0. The van der Waals surface area contributed by atoms with Crippen LogP contribution in [0.4, 0.5) is 0 Å². The van der Waals surface area contributed by atoms with E-state index in [0.717, 1.165) is 0 Å². The van der Waals surface area contributed by atoms with E-state index in [1.165, 1.54) is 12.4 Å². The molecule has 3 nitrogen and oxygen atoms in total. The number of rotatable bonds is 1. The van der Waals surface area contributed by atoms with E-state index in [1.807, 2.05) is 0 Å². The van der Waals surface area contributed by atoms with Crippen molar-refractivity contribution in [1.82, 2.24) is 9.97 Å². The Hall–Kier alpha value is -0.640. The largest absolute Gasteiger partial charge is 0.467 e. The van der Waals surface area contributed by atoms with Crippen molar-refractivity contribution in [3.8, 4) is 6.01 Å². The Morgan fingerprint density at radius 3 is 2.89 bits per heavy atom. The van der Waals surface area contributed by atoms with E-state index >= 15 is 0 Å². The van der Waals surface area contributed by atoms with Gasteiger partial charge < -0.3 is 4.74 Å². The third-order valence-electron chi connectivity index (χ3n) is 0.688. The molecule has 0 spiro atoms. The highest BCUT2D eigenvalue weighted by atomic mass is 79.9. The summed E-state index contributed by atoms with van der Waals surface area (Å²) in [5.74, 6) is 0. The van der Waals surface area contributed by atoms with Crippen molar-refractivity contribution in [3.05, 3.63) is 16.9 Å². The average Bonchev–Trinajstić information content (AvgIpc) is 1.91. The second-order valence-corrected chi connectivity index (χ2v) is 2.20. The molecule has 48 valence electrons. The van der Waals surface area contributed by atoms with Crippen molar-refractivity contribution in [3.63, 3.8) is 0 Å². The lowest BCUT2D eigenvalue weighted by Gasteiger charge is -1.93. The van der Waals surface area contributed by atoms with E-state index in [4.69, 9.17) is 4.11 Å². The van der Waals surface area contributed by atoms with Gasteiger partial charge in [-0.3, -0.25) is 0 Å². The van der Waals surface area contributed by atoms with Gasteiger partial charge in [0, 0.05) is 12.4 Å². The number of hydrogen-bond acceptors (Lipinski definition) is 3. The molecular formula is C5H5BrN2O. The smallest absolute Gasteiger partial charge is 0.316 e. The van der Waals surface area contributed by atoms with Crippen LogP contribution in [-0.4, -0.2) is 17.0 Å². The summed E-state index contributed by atoms with van der Waals surface area (Å²) in [6, 6.07) is -0.154. The number of aromatic nitrogens is 2. The fourth-order valence-corrected chi connectivity index (χ4v) is 0.558. The van der Waals surface area contributed by atoms with Crippen molar-refractivity contribution < 1.29 is 8.85 Å². The van der Waals surface area contributed by atoms with Gasteiger partial charge in [-0.2, -0.15) is 0 Å². The molecule has 0 radical (unpaired) electrons. The summed E-state index contributed by atoms with van der Waals surface area (Å²) >= 11 is 3.10. The van der Waals surface area contributed by atoms with Crippen LogP contribution in [0.25, 0.3) is 0 Å². The van der Waals surface area contributed by atoms with Gasteiger partial charge in [-0.1, -0.05) is 0 Å². The predicted molar refractivity (Wildman–Crippen MR) is 36.3 cm³/mol. The number of methoxy groups -OCH3 is 1. The molecule has 1 heterocycles. The molecule has 0 aliphatic carbocycles. The van der Waals surface area contributed by atoms with Gasteiger partial charge in [0.15, 0.2) is 0 Å². The Morgan fingerprint density at radius 1 is 1.67 bits per heavy atom. The minimum Gasteiger partial charge on any atom is -0.467 e. The third kappa shape index (κ3) is 1.64. The summed E-state index contributed by atoms with van der Waals surface area (Å²) < 4.78 is 25.3. The summed E-state index contributed by atoms with van der Waals surface area (Å²) in [6.45, 7) is 0. The van der Waals surface area contributed by atoms with E-state index < -0.39 is 7.04 Å². The molecule has 4 heteroatoms. The molecular weight excluding hydrogens is 184 g/mol. The molecule has 0 saturated heterocycles. The Morgan fingerprint density at radius 2 is 2.33 bits per heavy atom. The fourth-order valence-electron chi connectivity index (χ4n) is 0.353. The lowest BCUT2D eigenvalue weighted by atomic mass is 10.7. The minimum atomic E-state index is -2.49. The Bertz CT molecular complexity index is 260. The minimum absolute atomic E-state index is 0.154. The summed E-state index contributed by atoms with van der Waals surface area (Å²) in [5, 5.41) is 0. The van der Waals surface area contributed by atoms with Gasteiger partial charge in [0.05, 0.1) is 15.6 Å². The molecule has 0 N–H and O–H groups in total. The van der Waals surface area contributed by atoms with E-state index in [2.05, 4.69) is 30.6 Å². The average molecular weight is 192 g/mol. The van der Waals surface area contributed by atoms with Crippen LogP contribution in [0.15, 0.2) is 16.9 Å². The molecule has 1 rings (SSSR count). The highest BCUT2D eigenvalue weighted by Gasteiger charge is 1.90. The monoisotopic (exact) mass is 191 g/mol. The highest BCUT2D eigenvalue weighted by Crippen LogP contribution is 2.06. The Balaban J connectivity index is 2.71. The summed E-state index contributed by atoms with van der Waals surface area (Å²) in [4.78, 5) is 7.25. The van der Waals surface area contributed by atoms with Crippen LogP contribution < -0.4 is 4.74 Å². The molecule has 0 aliphatic heterocycles. The number of halogens is 1. The van der Waals surface area contributed by atoms with Crippen LogP contribution in [-0.2, 0) is 0 Å². The van der Waals surface area contributed by atoms with E-state index in [1.54, 1.807) is 0 Å². The zero-order chi connectivity index (χ0) is 9.19. The number of hydrogen-bond donors (Lipinski definition) is 0.